The minimum atomic E-state index is 0.330. The van der Waals surface area contributed by atoms with Gasteiger partial charge in [0.05, 0.1) is 6.20 Å². The van der Waals surface area contributed by atoms with E-state index in [1.807, 2.05) is 25.3 Å². The van der Waals surface area contributed by atoms with Crippen molar-refractivity contribution in [1.82, 2.24) is 15.5 Å². The van der Waals surface area contributed by atoms with Gasteiger partial charge in [0.1, 0.15) is 11.5 Å². The molecule has 1 atom stereocenters. The molecule has 0 saturated carbocycles. The van der Waals surface area contributed by atoms with Gasteiger partial charge >= 0.3 is 0 Å². The van der Waals surface area contributed by atoms with Crippen LogP contribution < -0.4 is 5.32 Å². The monoisotopic (exact) mass is 287 g/mol. The third-order valence-electron chi connectivity index (χ3n) is 3.27. The predicted molar refractivity (Wildman–Crippen MR) is 80.6 cm³/mol. The highest BCUT2D eigenvalue weighted by molar-refractivity contribution is 7.10. The molecule has 0 amide bonds. The van der Waals surface area contributed by atoms with Gasteiger partial charge in [0.25, 0.3) is 0 Å². The lowest BCUT2D eigenvalue weighted by Gasteiger charge is -2.11. The molecule has 0 radical (unpaired) electrons. The summed E-state index contributed by atoms with van der Waals surface area (Å²) in [6.45, 7) is 4.87. The molecule has 0 spiro atoms. The van der Waals surface area contributed by atoms with E-state index in [0.29, 0.717) is 6.04 Å². The van der Waals surface area contributed by atoms with Crippen molar-refractivity contribution >= 4 is 11.3 Å². The fourth-order valence-electron chi connectivity index (χ4n) is 2.13. The van der Waals surface area contributed by atoms with Crippen LogP contribution in [0.25, 0.3) is 11.5 Å². The van der Waals surface area contributed by atoms with Crippen molar-refractivity contribution in [2.24, 2.45) is 0 Å². The van der Waals surface area contributed by atoms with Crippen LogP contribution in [-0.2, 0) is 6.54 Å². The topological polar surface area (TPSA) is 53.9 Å². The largest absolute Gasteiger partial charge is 0.460 e. The Labute approximate surface area is 121 Å². The molecule has 0 aliphatic heterocycles. The molecule has 4 nitrogen and oxygen atoms in total. The van der Waals surface area contributed by atoms with E-state index in [9.17, 15) is 0 Å². The number of aryl methyl sites for hydroxylation is 1. The van der Waals surface area contributed by atoms with Gasteiger partial charge in [-0.1, -0.05) is 6.07 Å². The Hall–Kier alpha value is -1.85. The maximum Gasteiger partial charge on any atom is 0.152 e. The van der Waals surface area contributed by atoms with Crippen molar-refractivity contribution in [1.29, 1.82) is 0 Å². The second-order valence-electron chi connectivity index (χ2n) is 4.80. The van der Waals surface area contributed by atoms with Crippen molar-refractivity contribution in [2.75, 3.05) is 0 Å². The number of thiophene rings is 1. The van der Waals surface area contributed by atoms with E-state index < -0.39 is 0 Å². The first-order chi connectivity index (χ1) is 9.74. The maximum atomic E-state index is 5.65. The Bertz CT molecular complexity index is 669. The number of nitrogens with zero attached hydrogens (tertiary/aromatic N) is 1. The van der Waals surface area contributed by atoms with Crippen LogP contribution in [0.4, 0.5) is 0 Å². The van der Waals surface area contributed by atoms with E-state index in [2.05, 4.69) is 40.0 Å². The van der Waals surface area contributed by atoms with Crippen molar-refractivity contribution < 1.29 is 4.42 Å². The normalized spacial score (nSPS) is 12.7. The van der Waals surface area contributed by atoms with E-state index in [1.54, 1.807) is 11.3 Å². The third-order valence-corrected chi connectivity index (χ3v) is 4.33. The van der Waals surface area contributed by atoms with E-state index >= 15 is 0 Å². The lowest BCUT2D eigenvalue weighted by molar-refractivity contribution is 0.543. The van der Waals surface area contributed by atoms with Crippen LogP contribution >= 0.6 is 11.3 Å². The molecule has 0 aromatic carbocycles. The van der Waals surface area contributed by atoms with Gasteiger partial charge in [-0.2, -0.15) is 5.10 Å². The quantitative estimate of drug-likeness (QED) is 0.748. The zero-order chi connectivity index (χ0) is 13.9. The fourth-order valence-corrected chi connectivity index (χ4v) is 2.89. The summed E-state index contributed by atoms with van der Waals surface area (Å²) in [4.78, 5) is 1.34. The van der Waals surface area contributed by atoms with Gasteiger partial charge in [-0.3, -0.25) is 5.10 Å². The first-order valence-corrected chi connectivity index (χ1v) is 7.48. The summed E-state index contributed by atoms with van der Waals surface area (Å²) in [5, 5.41) is 12.8. The van der Waals surface area contributed by atoms with Gasteiger partial charge in [0.2, 0.25) is 0 Å². The first-order valence-electron chi connectivity index (χ1n) is 6.60. The van der Waals surface area contributed by atoms with E-state index in [1.165, 1.54) is 4.88 Å². The number of hydrogen-bond acceptors (Lipinski definition) is 4. The molecule has 0 aliphatic carbocycles. The molecule has 3 aromatic rings. The van der Waals surface area contributed by atoms with Gasteiger partial charge in [-0.05, 0) is 37.4 Å². The highest BCUT2D eigenvalue weighted by Gasteiger charge is 2.12. The third kappa shape index (κ3) is 2.69. The van der Waals surface area contributed by atoms with Gasteiger partial charge in [-0.15, -0.1) is 11.3 Å². The van der Waals surface area contributed by atoms with Crippen LogP contribution in [-0.4, -0.2) is 10.2 Å². The number of aromatic amines is 1. The minimum absolute atomic E-state index is 0.330. The second kappa shape index (κ2) is 5.64. The van der Waals surface area contributed by atoms with E-state index in [0.717, 1.165) is 29.3 Å². The van der Waals surface area contributed by atoms with E-state index in [-0.39, 0.29) is 0 Å². The van der Waals surface area contributed by atoms with Gasteiger partial charge in [0, 0.05) is 23.0 Å². The standard InChI is InChI=1S/C15H17N3OS/c1-10-5-6-13(19-10)15-12(9-17-18-15)8-16-11(2)14-4-3-7-20-14/h3-7,9,11,16H,8H2,1-2H3,(H,17,18). The van der Waals surface area contributed by atoms with Crippen LogP contribution in [0.5, 0.6) is 0 Å². The highest BCUT2D eigenvalue weighted by Crippen LogP contribution is 2.24. The molecule has 0 aliphatic rings. The summed E-state index contributed by atoms with van der Waals surface area (Å²) < 4.78 is 5.65. The minimum Gasteiger partial charge on any atom is -0.460 e. The Morgan fingerprint density at radius 1 is 1.40 bits per heavy atom. The summed E-state index contributed by atoms with van der Waals surface area (Å²) in [6, 6.07) is 8.48. The van der Waals surface area contributed by atoms with Crippen LogP contribution in [0, 0.1) is 6.92 Å². The second-order valence-corrected chi connectivity index (χ2v) is 5.78. The Morgan fingerprint density at radius 2 is 2.30 bits per heavy atom. The number of H-pyrrole nitrogens is 1. The summed E-state index contributed by atoms with van der Waals surface area (Å²) in [5.74, 6) is 1.74. The fraction of sp³-hybridized carbons (Fsp3) is 0.267. The number of nitrogens with one attached hydrogen (secondary N) is 2. The number of furan rings is 1. The molecule has 0 fully saturated rings. The van der Waals surface area contributed by atoms with Gasteiger partial charge < -0.3 is 9.73 Å². The first kappa shape index (κ1) is 13.1. The van der Waals surface area contributed by atoms with Crippen molar-refractivity contribution in [3.8, 4) is 11.5 Å². The van der Waals surface area contributed by atoms with Crippen LogP contribution in [0.3, 0.4) is 0 Å². The van der Waals surface area contributed by atoms with Crippen LogP contribution in [0.1, 0.15) is 29.2 Å². The molecule has 104 valence electrons. The van der Waals surface area contributed by atoms with E-state index in [4.69, 9.17) is 4.42 Å². The molecule has 5 heteroatoms. The zero-order valence-electron chi connectivity index (χ0n) is 11.5. The smallest absolute Gasteiger partial charge is 0.152 e. The molecule has 3 heterocycles. The molecule has 20 heavy (non-hydrogen) atoms. The molecule has 1 unspecified atom stereocenters. The zero-order valence-corrected chi connectivity index (χ0v) is 12.3. The summed E-state index contributed by atoms with van der Waals surface area (Å²) >= 11 is 1.77. The lowest BCUT2D eigenvalue weighted by atomic mass is 10.2. The van der Waals surface area contributed by atoms with Crippen molar-refractivity contribution in [3.05, 3.63) is 52.0 Å². The molecule has 3 aromatic heterocycles. The average Bonchev–Trinajstić information content (AvgIpc) is 3.16. The lowest BCUT2D eigenvalue weighted by Crippen LogP contribution is -2.17. The number of hydrogen-bond donors (Lipinski definition) is 2. The number of aromatic nitrogens is 2. The van der Waals surface area contributed by atoms with Crippen LogP contribution in [0.2, 0.25) is 0 Å². The van der Waals surface area contributed by atoms with Gasteiger partial charge in [0.15, 0.2) is 5.76 Å². The maximum absolute atomic E-state index is 5.65. The summed E-state index contributed by atoms with van der Waals surface area (Å²) in [5.41, 5.74) is 2.06. The summed E-state index contributed by atoms with van der Waals surface area (Å²) in [7, 11) is 0. The van der Waals surface area contributed by atoms with Gasteiger partial charge in [-0.25, -0.2) is 0 Å². The molecular weight excluding hydrogens is 270 g/mol. The SMILES string of the molecule is Cc1ccc(-c2[nH]ncc2CNC(C)c2cccs2)o1. The molecule has 3 rings (SSSR count). The Morgan fingerprint density at radius 3 is 3.00 bits per heavy atom. The Kier molecular flexibility index (Phi) is 3.71. The van der Waals surface area contributed by atoms with Crippen molar-refractivity contribution in [3.63, 3.8) is 0 Å². The number of rotatable bonds is 5. The highest BCUT2D eigenvalue weighted by atomic mass is 32.1. The van der Waals surface area contributed by atoms with Crippen LogP contribution in [0.15, 0.2) is 40.3 Å². The summed E-state index contributed by atoms with van der Waals surface area (Å²) in [6.07, 6.45) is 1.85. The molecule has 0 bridgehead atoms. The molecule has 0 saturated heterocycles. The Balaban J connectivity index is 1.71. The predicted octanol–water partition coefficient (Wildman–Crippen LogP) is 3.89. The molecular formula is C15H17N3OS. The molecule has 2 N–H and O–H groups in total. The average molecular weight is 287 g/mol. The van der Waals surface area contributed by atoms with Crippen molar-refractivity contribution in [2.45, 2.75) is 26.4 Å².